The van der Waals surface area contributed by atoms with E-state index in [0.29, 0.717) is 12.0 Å². The van der Waals surface area contributed by atoms with E-state index in [1.807, 2.05) is 0 Å². The highest BCUT2D eigenvalue weighted by Crippen LogP contribution is 2.05. The fraction of sp³-hybridized carbons (Fsp3) is 0.200. The number of carbonyl (C=O) groups is 1. The van der Waals surface area contributed by atoms with Crippen LogP contribution in [0.4, 0.5) is 0 Å². The minimum atomic E-state index is -0.673. The average molecular weight is 206 g/mol. The molecular weight excluding hydrogens is 192 g/mol. The predicted molar refractivity (Wildman–Crippen MR) is 58.3 cm³/mol. The molecule has 0 spiro atoms. The third kappa shape index (κ3) is 3.07. The number of amides is 1. The largest absolute Gasteiger partial charge is 0.384 e. The van der Waals surface area contributed by atoms with Crippen molar-refractivity contribution < 1.29 is 4.79 Å². The van der Waals surface area contributed by atoms with Crippen LogP contribution in [-0.4, -0.2) is 17.8 Å². The first-order chi connectivity index (χ1) is 7.00. The molecule has 1 aromatic rings. The summed E-state index contributed by atoms with van der Waals surface area (Å²) in [7, 11) is 0. The molecule has 0 radical (unpaired) electrons. The summed E-state index contributed by atoms with van der Waals surface area (Å²) in [4.78, 5) is 10.7. The van der Waals surface area contributed by atoms with Crippen LogP contribution in [-0.2, 0) is 11.2 Å². The van der Waals surface area contributed by atoms with Gasteiger partial charge in [0.15, 0.2) is 0 Å². The first-order valence-electron chi connectivity index (χ1n) is 4.49. The Morgan fingerprint density at radius 1 is 1.27 bits per heavy atom. The molecule has 0 aliphatic carbocycles. The van der Waals surface area contributed by atoms with Gasteiger partial charge in [-0.25, -0.2) is 0 Å². The van der Waals surface area contributed by atoms with Gasteiger partial charge in [-0.05, 0) is 12.0 Å². The van der Waals surface area contributed by atoms with E-state index in [9.17, 15) is 4.79 Å². The molecule has 0 aliphatic heterocycles. The Labute approximate surface area is 87.8 Å². The van der Waals surface area contributed by atoms with Crippen LogP contribution < -0.4 is 17.2 Å². The molecule has 0 aromatic heterocycles. The third-order valence-corrected chi connectivity index (χ3v) is 2.09. The number of nitrogens with two attached hydrogens (primary N) is 3. The average Bonchev–Trinajstić information content (AvgIpc) is 2.18. The van der Waals surface area contributed by atoms with Gasteiger partial charge in [0.25, 0.3) is 0 Å². The van der Waals surface area contributed by atoms with Crippen molar-refractivity contribution >= 4 is 11.7 Å². The maximum atomic E-state index is 10.7. The van der Waals surface area contributed by atoms with E-state index in [4.69, 9.17) is 22.6 Å². The SMILES string of the molecule is N=C(N)c1ccc(C[C@@H](N)C(N)=O)cc1. The Bertz CT molecular complexity index is 372. The fourth-order valence-corrected chi connectivity index (χ4v) is 1.17. The molecule has 1 aromatic carbocycles. The van der Waals surface area contributed by atoms with Crippen LogP contribution in [0.15, 0.2) is 24.3 Å². The Kier molecular flexibility index (Phi) is 3.41. The minimum absolute atomic E-state index is 0.0146. The minimum Gasteiger partial charge on any atom is -0.384 e. The third-order valence-electron chi connectivity index (χ3n) is 2.09. The van der Waals surface area contributed by atoms with Crippen molar-refractivity contribution in [1.82, 2.24) is 0 Å². The van der Waals surface area contributed by atoms with Crippen molar-refractivity contribution in [3.05, 3.63) is 35.4 Å². The number of nitrogens with one attached hydrogen (secondary N) is 1. The lowest BCUT2D eigenvalue weighted by Crippen LogP contribution is -2.38. The van der Waals surface area contributed by atoms with Gasteiger partial charge in [0.05, 0.1) is 6.04 Å². The molecule has 0 unspecified atom stereocenters. The van der Waals surface area contributed by atoms with Gasteiger partial charge in [-0.15, -0.1) is 0 Å². The van der Waals surface area contributed by atoms with Crippen molar-refractivity contribution in [3.63, 3.8) is 0 Å². The Morgan fingerprint density at radius 3 is 2.20 bits per heavy atom. The zero-order chi connectivity index (χ0) is 11.4. The van der Waals surface area contributed by atoms with Gasteiger partial charge in [0.2, 0.25) is 5.91 Å². The van der Waals surface area contributed by atoms with Crippen LogP contribution in [0.3, 0.4) is 0 Å². The molecule has 7 N–H and O–H groups in total. The highest BCUT2D eigenvalue weighted by Gasteiger charge is 2.09. The van der Waals surface area contributed by atoms with Crippen LogP contribution in [0.5, 0.6) is 0 Å². The van der Waals surface area contributed by atoms with Crippen molar-refractivity contribution in [2.75, 3.05) is 0 Å². The number of hydrogen-bond donors (Lipinski definition) is 4. The van der Waals surface area contributed by atoms with Crippen LogP contribution in [0, 0.1) is 5.41 Å². The van der Waals surface area contributed by atoms with Crippen molar-refractivity contribution in [2.24, 2.45) is 17.2 Å². The summed E-state index contributed by atoms with van der Waals surface area (Å²) in [6, 6.07) is 6.31. The molecule has 0 aliphatic rings. The van der Waals surface area contributed by atoms with E-state index in [0.717, 1.165) is 5.56 Å². The number of carbonyl (C=O) groups excluding carboxylic acids is 1. The van der Waals surface area contributed by atoms with Gasteiger partial charge < -0.3 is 17.2 Å². The second-order valence-electron chi connectivity index (χ2n) is 3.32. The van der Waals surface area contributed by atoms with E-state index >= 15 is 0 Å². The first kappa shape index (κ1) is 11.2. The Hall–Kier alpha value is -1.88. The molecular formula is C10H14N4O. The maximum absolute atomic E-state index is 10.7. The van der Waals surface area contributed by atoms with E-state index < -0.39 is 11.9 Å². The van der Waals surface area contributed by atoms with Gasteiger partial charge in [0, 0.05) is 5.56 Å². The molecule has 5 heteroatoms. The summed E-state index contributed by atoms with van der Waals surface area (Å²) in [6.45, 7) is 0. The standard InChI is InChI=1S/C10H14N4O/c11-8(10(14)15)5-6-1-3-7(4-2-6)9(12)13/h1-4,8H,5,11H2,(H3,12,13)(H2,14,15)/t8-/m1/s1. The first-order valence-corrected chi connectivity index (χ1v) is 4.49. The van der Waals surface area contributed by atoms with Crippen LogP contribution in [0.1, 0.15) is 11.1 Å². The lowest BCUT2D eigenvalue weighted by atomic mass is 10.0. The topological polar surface area (TPSA) is 119 Å². The van der Waals surface area contributed by atoms with Gasteiger partial charge in [-0.3, -0.25) is 10.2 Å². The second kappa shape index (κ2) is 4.56. The summed E-state index contributed by atoms with van der Waals surface area (Å²) in [5.74, 6) is -0.508. The Balaban J connectivity index is 2.72. The summed E-state index contributed by atoms with van der Waals surface area (Å²) in [5.41, 5.74) is 17.4. The quantitative estimate of drug-likeness (QED) is 0.386. The van der Waals surface area contributed by atoms with Crippen molar-refractivity contribution in [1.29, 1.82) is 5.41 Å². The molecule has 1 rings (SSSR count). The molecule has 5 nitrogen and oxygen atoms in total. The molecule has 0 saturated carbocycles. The monoisotopic (exact) mass is 206 g/mol. The highest BCUT2D eigenvalue weighted by atomic mass is 16.1. The molecule has 1 amide bonds. The maximum Gasteiger partial charge on any atom is 0.234 e. The fourth-order valence-electron chi connectivity index (χ4n) is 1.17. The second-order valence-corrected chi connectivity index (χ2v) is 3.32. The number of amidine groups is 1. The van der Waals surface area contributed by atoms with E-state index in [1.165, 1.54) is 0 Å². The Morgan fingerprint density at radius 2 is 1.80 bits per heavy atom. The lowest BCUT2D eigenvalue weighted by Gasteiger charge is -2.07. The molecule has 15 heavy (non-hydrogen) atoms. The molecule has 1 atom stereocenters. The summed E-state index contributed by atoms with van der Waals surface area (Å²) < 4.78 is 0. The van der Waals surface area contributed by atoms with Crippen molar-refractivity contribution in [2.45, 2.75) is 12.5 Å². The predicted octanol–water partition coefficient (Wildman–Crippen LogP) is -0.674. The zero-order valence-corrected chi connectivity index (χ0v) is 8.23. The smallest absolute Gasteiger partial charge is 0.234 e. The van der Waals surface area contributed by atoms with E-state index in [-0.39, 0.29) is 5.84 Å². The van der Waals surface area contributed by atoms with Crippen molar-refractivity contribution in [3.8, 4) is 0 Å². The summed E-state index contributed by atoms with van der Waals surface area (Å²) in [5, 5.41) is 7.19. The molecule has 0 fully saturated rings. The molecule has 80 valence electrons. The molecule has 0 bridgehead atoms. The normalized spacial score (nSPS) is 12.1. The number of hydrogen-bond acceptors (Lipinski definition) is 3. The summed E-state index contributed by atoms with van der Waals surface area (Å²) in [6.07, 6.45) is 0.396. The van der Waals surface area contributed by atoms with Crippen LogP contribution in [0.2, 0.25) is 0 Å². The van der Waals surface area contributed by atoms with E-state index in [1.54, 1.807) is 24.3 Å². The van der Waals surface area contributed by atoms with Gasteiger partial charge in [0.1, 0.15) is 5.84 Å². The van der Waals surface area contributed by atoms with Gasteiger partial charge in [-0.2, -0.15) is 0 Å². The van der Waals surface area contributed by atoms with Crippen LogP contribution in [0.25, 0.3) is 0 Å². The number of primary amides is 1. The van der Waals surface area contributed by atoms with Gasteiger partial charge in [-0.1, -0.05) is 24.3 Å². The molecule has 0 saturated heterocycles. The molecule has 0 heterocycles. The number of benzene rings is 1. The van der Waals surface area contributed by atoms with Crippen LogP contribution >= 0.6 is 0 Å². The number of nitrogen functional groups attached to an aromatic ring is 1. The number of rotatable bonds is 4. The van der Waals surface area contributed by atoms with E-state index in [2.05, 4.69) is 0 Å². The summed E-state index contributed by atoms with van der Waals surface area (Å²) >= 11 is 0. The van der Waals surface area contributed by atoms with Gasteiger partial charge >= 0.3 is 0 Å². The zero-order valence-electron chi connectivity index (χ0n) is 8.23. The lowest BCUT2D eigenvalue weighted by molar-refractivity contribution is -0.119. The highest BCUT2D eigenvalue weighted by molar-refractivity contribution is 5.94.